The van der Waals surface area contributed by atoms with Crippen LogP contribution in [0.2, 0.25) is 0 Å². The molecule has 1 aliphatic rings. The van der Waals surface area contributed by atoms with E-state index in [0.717, 1.165) is 27.5 Å². The molecule has 5 nitrogen and oxygen atoms in total. The highest BCUT2D eigenvalue weighted by molar-refractivity contribution is 7.91. The van der Waals surface area contributed by atoms with Gasteiger partial charge in [-0.2, -0.15) is 4.31 Å². The maximum atomic E-state index is 13.1. The van der Waals surface area contributed by atoms with Crippen molar-refractivity contribution < 1.29 is 13.2 Å². The standard InChI is InChI=1S/C20H22N2O3S4/c23-19(21(14-17-5-3-11-26-17)15-18-6-4-12-27-18)13-16-7-8-20(28-16)29(24,25)22-9-1-2-10-22/h3-8,11-12H,1-2,9-10,13-15H2. The van der Waals surface area contributed by atoms with Crippen LogP contribution in [0.3, 0.4) is 0 Å². The lowest BCUT2D eigenvalue weighted by molar-refractivity contribution is -0.131. The lowest BCUT2D eigenvalue weighted by Gasteiger charge is -2.21. The molecule has 1 fully saturated rings. The van der Waals surface area contributed by atoms with Gasteiger partial charge in [-0.1, -0.05) is 12.1 Å². The van der Waals surface area contributed by atoms with Crippen LogP contribution in [-0.4, -0.2) is 36.6 Å². The molecule has 3 aromatic rings. The zero-order chi connectivity index (χ0) is 20.3. The molecule has 29 heavy (non-hydrogen) atoms. The summed E-state index contributed by atoms with van der Waals surface area (Å²) in [4.78, 5) is 18.0. The van der Waals surface area contributed by atoms with Crippen molar-refractivity contribution in [3.63, 3.8) is 0 Å². The normalized spacial score (nSPS) is 15.0. The first-order valence-corrected chi connectivity index (χ1v) is 13.5. The van der Waals surface area contributed by atoms with Gasteiger partial charge >= 0.3 is 0 Å². The van der Waals surface area contributed by atoms with E-state index in [1.54, 1.807) is 39.1 Å². The van der Waals surface area contributed by atoms with Gasteiger partial charge in [-0.25, -0.2) is 8.42 Å². The highest BCUT2D eigenvalue weighted by Gasteiger charge is 2.29. The molecule has 1 aliphatic heterocycles. The van der Waals surface area contributed by atoms with Crippen molar-refractivity contribution in [3.8, 4) is 0 Å². The van der Waals surface area contributed by atoms with E-state index in [0.29, 0.717) is 30.4 Å². The molecule has 154 valence electrons. The van der Waals surface area contributed by atoms with Crippen LogP contribution in [0.5, 0.6) is 0 Å². The summed E-state index contributed by atoms with van der Waals surface area (Å²) in [6.07, 6.45) is 2.05. The quantitative estimate of drug-likeness (QED) is 0.494. The molecule has 0 atom stereocenters. The number of sulfonamides is 1. The first-order valence-electron chi connectivity index (χ1n) is 9.44. The maximum Gasteiger partial charge on any atom is 0.252 e. The van der Waals surface area contributed by atoms with Crippen molar-refractivity contribution in [2.45, 2.75) is 36.6 Å². The lowest BCUT2D eigenvalue weighted by Crippen LogP contribution is -2.30. The second-order valence-electron chi connectivity index (χ2n) is 6.92. The van der Waals surface area contributed by atoms with Crippen molar-refractivity contribution in [3.05, 3.63) is 61.8 Å². The summed E-state index contributed by atoms with van der Waals surface area (Å²) in [5.74, 6) is 0.0128. The Morgan fingerprint density at radius 1 is 0.931 bits per heavy atom. The van der Waals surface area contributed by atoms with Gasteiger partial charge in [-0.3, -0.25) is 4.79 Å². The minimum absolute atomic E-state index is 0.0128. The molecule has 0 aliphatic carbocycles. The van der Waals surface area contributed by atoms with Gasteiger partial charge in [0.1, 0.15) is 4.21 Å². The number of nitrogens with zero attached hydrogens (tertiary/aromatic N) is 2. The molecule has 0 saturated carbocycles. The number of amides is 1. The van der Waals surface area contributed by atoms with Crippen molar-refractivity contribution in [1.29, 1.82) is 0 Å². The summed E-state index contributed by atoms with van der Waals surface area (Å²) < 4.78 is 27.4. The Morgan fingerprint density at radius 3 is 2.10 bits per heavy atom. The molecule has 3 aromatic heterocycles. The molecule has 1 amide bonds. The van der Waals surface area contributed by atoms with E-state index in [1.165, 1.54) is 11.3 Å². The largest absolute Gasteiger partial charge is 0.332 e. The Hall–Kier alpha value is -1.52. The van der Waals surface area contributed by atoms with E-state index in [-0.39, 0.29) is 12.3 Å². The smallest absolute Gasteiger partial charge is 0.252 e. The van der Waals surface area contributed by atoms with E-state index in [1.807, 2.05) is 39.9 Å². The van der Waals surface area contributed by atoms with Crippen molar-refractivity contribution in [2.24, 2.45) is 0 Å². The van der Waals surface area contributed by atoms with Gasteiger partial charge in [-0.05, 0) is 47.9 Å². The van der Waals surface area contributed by atoms with E-state index < -0.39 is 10.0 Å². The topological polar surface area (TPSA) is 57.7 Å². The third-order valence-electron chi connectivity index (χ3n) is 4.83. The SMILES string of the molecule is O=C(Cc1ccc(S(=O)(=O)N2CCCC2)s1)N(Cc1cccs1)Cc1cccs1. The number of carbonyl (C=O) groups excluding carboxylic acids is 1. The van der Waals surface area contributed by atoms with Gasteiger partial charge in [0.2, 0.25) is 5.91 Å². The Labute approximate surface area is 183 Å². The van der Waals surface area contributed by atoms with Gasteiger partial charge in [-0.15, -0.1) is 34.0 Å². The molecule has 4 rings (SSSR count). The van der Waals surface area contributed by atoms with Crippen LogP contribution in [0.25, 0.3) is 0 Å². The summed E-state index contributed by atoms with van der Waals surface area (Å²) in [5, 5.41) is 4.02. The molecule has 0 radical (unpaired) electrons. The molecule has 0 unspecified atom stereocenters. The molecular formula is C20H22N2O3S4. The summed E-state index contributed by atoms with van der Waals surface area (Å²) in [5.41, 5.74) is 0. The molecule has 0 aromatic carbocycles. The van der Waals surface area contributed by atoms with Gasteiger partial charge < -0.3 is 4.90 Å². The Balaban J connectivity index is 1.47. The van der Waals surface area contributed by atoms with Gasteiger partial charge in [0.25, 0.3) is 10.0 Å². The first kappa shape index (κ1) is 20.7. The molecular weight excluding hydrogens is 444 g/mol. The number of rotatable bonds is 8. The average Bonchev–Trinajstić information content (AvgIpc) is 3.49. The predicted octanol–water partition coefficient (Wildman–Crippen LogP) is 4.43. The van der Waals surface area contributed by atoms with Crippen LogP contribution in [0.1, 0.15) is 27.5 Å². The predicted molar refractivity (Wildman–Crippen MR) is 119 cm³/mol. The van der Waals surface area contributed by atoms with Crippen LogP contribution in [0.4, 0.5) is 0 Å². The summed E-state index contributed by atoms with van der Waals surface area (Å²) in [6, 6.07) is 11.5. The second kappa shape index (κ2) is 9.09. The van der Waals surface area contributed by atoms with Crippen LogP contribution in [0.15, 0.2) is 51.4 Å². The van der Waals surface area contributed by atoms with E-state index in [2.05, 4.69) is 0 Å². The fraction of sp³-hybridized carbons (Fsp3) is 0.350. The van der Waals surface area contributed by atoms with Crippen LogP contribution in [-0.2, 0) is 34.3 Å². The molecule has 0 spiro atoms. The van der Waals surface area contributed by atoms with Crippen molar-refractivity contribution in [2.75, 3.05) is 13.1 Å². The fourth-order valence-electron chi connectivity index (χ4n) is 3.32. The minimum Gasteiger partial charge on any atom is -0.332 e. The monoisotopic (exact) mass is 466 g/mol. The van der Waals surface area contributed by atoms with Gasteiger partial charge in [0.15, 0.2) is 0 Å². The maximum absolute atomic E-state index is 13.1. The first-order chi connectivity index (χ1) is 14.0. The third kappa shape index (κ3) is 4.97. The van der Waals surface area contributed by atoms with E-state index in [9.17, 15) is 13.2 Å². The summed E-state index contributed by atoms with van der Waals surface area (Å²) in [6.45, 7) is 2.31. The van der Waals surface area contributed by atoms with Crippen LogP contribution in [0, 0.1) is 0 Å². The van der Waals surface area contributed by atoms with Crippen LogP contribution < -0.4 is 0 Å². The summed E-state index contributed by atoms with van der Waals surface area (Å²) in [7, 11) is -3.43. The Bertz CT molecular complexity index is 997. The van der Waals surface area contributed by atoms with Crippen molar-refractivity contribution >= 4 is 49.9 Å². The second-order valence-corrected chi connectivity index (χ2v) is 12.3. The fourth-order valence-corrected chi connectivity index (χ4v) is 7.78. The molecule has 0 N–H and O–H groups in total. The Morgan fingerprint density at radius 2 is 1.55 bits per heavy atom. The summed E-state index contributed by atoms with van der Waals surface area (Å²) >= 11 is 4.49. The average molecular weight is 467 g/mol. The van der Waals surface area contributed by atoms with Crippen LogP contribution >= 0.6 is 34.0 Å². The highest BCUT2D eigenvalue weighted by Crippen LogP contribution is 2.28. The minimum atomic E-state index is -3.43. The number of hydrogen-bond donors (Lipinski definition) is 0. The number of carbonyl (C=O) groups is 1. The zero-order valence-electron chi connectivity index (χ0n) is 15.8. The number of thiophene rings is 3. The third-order valence-corrected chi connectivity index (χ3v) is 10.0. The van der Waals surface area contributed by atoms with Gasteiger partial charge in [0.05, 0.1) is 19.5 Å². The highest BCUT2D eigenvalue weighted by atomic mass is 32.2. The molecule has 4 heterocycles. The molecule has 1 saturated heterocycles. The van der Waals surface area contributed by atoms with Crippen molar-refractivity contribution in [1.82, 2.24) is 9.21 Å². The van der Waals surface area contributed by atoms with E-state index >= 15 is 0 Å². The zero-order valence-corrected chi connectivity index (χ0v) is 19.1. The van der Waals surface area contributed by atoms with E-state index in [4.69, 9.17) is 0 Å². The number of hydrogen-bond acceptors (Lipinski definition) is 6. The Kier molecular flexibility index (Phi) is 6.50. The van der Waals surface area contributed by atoms with Gasteiger partial charge in [0, 0.05) is 27.7 Å². The molecule has 9 heteroatoms. The lowest BCUT2D eigenvalue weighted by atomic mass is 10.3. The molecule has 0 bridgehead atoms.